The SMILES string of the molecule is CC1OC[C@@H](CCO)N(Cc2ccccc2)C1=O. The molecular formula is C14H19NO3. The van der Waals surface area contributed by atoms with Gasteiger partial charge in [0.05, 0.1) is 12.6 Å². The van der Waals surface area contributed by atoms with Gasteiger partial charge in [-0.15, -0.1) is 0 Å². The Bertz CT molecular complexity index is 393. The number of carbonyl (C=O) groups is 1. The fourth-order valence-electron chi connectivity index (χ4n) is 2.21. The van der Waals surface area contributed by atoms with Gasteiger partial charge in [-0.05, 0) is 18.9 Å². The van der Waals surface area contributed by atoms with Gasteiger partial charge in [0.1, 0.15) is 6.10 Å². The highest BCUT2D eigenvalue weighted by atomic mass is 16.5. The zero-order chi connectivity index (χ0) is 13.0. The van der Waals surface area contributed by atoms with E-state index in [0.29, 0.717) is 19.6 Å². The normalized spacial score (nSPS) is 24.3. The molecule has 98 valence electrons. The molecule has 2 rings (SSSR count). The van der Waals surface area contributed by atoms with Gasteiger partial charge in [0.25, 0.3) is 5.91 Å². The molecule has 1 fully saturated rings. The Labute approximate surface area is 107 Å². The third-order valence-electron chi connectivity index (χ3n) is 3.27. The van der Waals surface area contributed by atoms with E-state index >= 15 is 0 Å². The van der Waals surface area contributed by atoms with Crippen LogP contribution in [0.4, 0.5) is 0 Å². The molecule has 0 spiro atoms. The van der Waals surface area contributed by atoms with Crippen LogP contribution in [0.3, 0.4) is 0 Å². The number of ether oxygens (including phenoxy) is 1. The third-order valence-corrected chi connectivity index (χ3v) is 3.27. The van der Waals surface area contributed by atoms with E-state index in [1.165, 1.54) is 0 Å². The molecule has 0 saturated carbocycles. The lowest BCUT2D eigenvalue weighted by atomic mass is 10.1. The first-order chi connectivity index (χ1) is 8.72. The summed E-state index contributed by atoms with van der Waals surface area (Å²) in [6.07, 6.45) is 0.175. The predicted octanol–water partition coefficient (Wildman–Crippen LogP) is 1.18. The average molecular weight is 249 g/mol. The van der Waals surface area contributed by atoms with Crippen molar-refractivity contribution in [2.45, 2.75) is 32.0 Å². The van der Waals surface area contributed by atoms with Crippen molar-refractivity contribution in [1.82, 2.24) is 4.90 Å². The first kappa shape index (κ1) is 13.1. The Morgan fingerprint density at radius 1 is 1.39 bits per heavy atom. The van der Waals surface area contributed by atoms with Crippen LogP contribution in [0.2, 0.25) is 0 Å². The maximum Gasteiger partial charge on any atom is 0.252 e. The fraction of sp³-hybridized carbons (Fsp3) is 0.500. The van der Waals surface area contributed by atoms with E-state index in [-0.39, 0.29) is 24.7 Å². The van der Waals surface area contributed by atoms with E-state index in [9.17, 15) is 4.79 Å². The summed E-state index contributed by atoms with van der Waals surface area (Å²) in [4.78, 5) is 14.0. The van der Waals surface area contributed by atoms with Crippen LogP contribution in [0.5, 0.6) is 0 Å². The monoisotopic (exact) mass is 249 g/mol. The van der Waals surface area contributed by atoms with Gasteiger partial charge in [-0.1, -0.05) is 30.3 Å². The zero-order valence-corrected chi connectivity index (χ0v) is 10.6. The third kappa shape index (κ3) is 2.89. The summed E-state index contributed by atoms with van der Waals surface area (Å²) in [5, 5.41) is 9.06. The van der Waals surface area contributed by atoms with Crippen LogP contribution in [0.1, 0.15) is 18.9 Å². The lowest BCUT2D eigenvalue weighted by Crippen LogP contribution is -2.52. The molecule has 1 aromatic rings. The molecule has 4 nitrogen and oxygen atoms in total. The number of amides is 1. The molecule has 2 atom stereocenters. The Balaban J connectivity index is 2.11. The molecule has 0 bridgehead atoms. The first-order valence-electron chi connectivity index (χ1n) is 6.29. The molecule has 1 unspecified atom stereocenters. The van der Waals surface area contributed by atoms with Gasteiger partial charge >= 0.3 is 0 Å². The molecule has 18 heavy (non-hydrogen) atoms. The van der Waals surface area contributed by atoms with Crippen molar-refractivity contribution in [3.8, 4) is 0 Å². The lowest BCUT2D eigenvalue weighted by Gasteiger charge is -2.38. The summed E-state index contributed by atoms with van der Waals surface area (Å²) >= 11 is 0. The predicted molar refractivity (Wildman–Crippen MR) is 67.9 cm³/mol. The summed E-state index contributed by atoms with van der Waals surface area (Å²) in [5.74, 6) is 0.00329. The lowest BCUT2D eigenvalue weighted by molar-refractivity contribution is -0.159. The molecule has 1 amide bonds. The van der Waals surface area contributed by atoms with Crippen LogP contribution in [-0.4, -0.2) is 41.3 Å². The van der Waals surface area contributed by atoms with Gasteiger partial charge in [-0.2, -0.15) is 0 Å². The number of aliphatic hydroxyl groups is 1. The van der Waals surface area contributed by atoms with Crippen LogP contribution >= 0.6 is 0 Å². The van der Waals surface area contributed by atoms with Crippen molar-refractivity contribution >= 4 is 5.91 Å². The van der Waals surface area contributed by atoms with E-state index in [0.717, 1.165) is 5.56 Å². The minimum atomic E-state index is -0.386. The van der Waals surface area contributed by atoms with E-state index in [1.807, 2.05) is 35.2 Å². The summed E-state index contributed by atoms with van der Waals surface area (Å²) in [6.45, 7) is 2.93. The Morgan fingerprint density at radius 2 is 2.11 bits per heavy atom. The molecule has 1 aromatic carbocycles. The van der Waals surface area contributed by atoms with Crippen molar-refractivity contribution in [2.75, 3.05) is 13.2 Å². The molecule has 1 aliphatic heterocycles. The van der Waals surface area contributed by atoms with E-state index in [1.54, 1.807) is 6.92 Å². The number of aliphatic hydroxyl groups excluding tert-OH is 1. The van der Waals surface area contributed by atoms with Gasteiger partial charge in [0, 0.05) is 13.2 Å². The van der Waals surface area contributed by atoms with E-state index in [2.05, 4.69) is 0 Å². The maximum atomic E-state index is 12.1. The molecule has 0 aliphatic carbocycles. The molecule has 0 radical (unpaired) electrons. The van der Waals surface area contributed by atoms with Crippen LogP contribution in [-0.2, 0) is 16.1 Å². The average Bonchev–Trinajstić information content (AvgIpc) is 2.40. The van der Waals surface area contributed by atoms with Crippen LogP contribution in [0.15, 0.2) is 30.3 Å². The summed E-state index contributed by atoms with van der Waals surface area (Å²) < 4.78 is 5.42. The molecule has 1 N–H and O–H groups in total. The minimum absolute atomic E-state index is 0.00329. The van der Waals surface area contributed by atoms with Crippen molar-refractivity contribution < 1.29 is 14.6 Å². The number of hydrogen-bond donors (Lipinski definition) is 1. The molecule has 1 saturated heterocycles. The number of nitrogens with zero attached hydrogens (tertiary/aromatic N) is 1. The fourth-order valence-corrected chi connectivity index (χ4v) is 2.21. The van der Waals surface area contributed by atoms with Crippen molar-refractivity contribution in [1.29, 1.82) is 0 Å². The number of carbonyl (C=O) groups excluding carboxylic acids is 1. The number of benzene rings is 1. The highest BCUT2D eigenvalue weighted by molar-refractivity contribution is 5.81. The summed E-state index contributed by atoms with van der Waals surface area (Å²) in [5.41, 5.74) is 1.10. The molecule has 0 aromatic heterocycles. The van der Waals surface area contributed by atoms with Crippen molar-refractivity contribution in [3.63, 3.8) is 0 Å². The second-order valence-corrected chi connectivity index (χ2v) is 4.59. The quantitative estimate of drug-likeness (QED) is 0.872. The van der Waals surface area contributed by atoms with Gasteiger partial charge in [-0.25, -0.2) is 0 Å². The molecular weight excluding hydrogens is 230 g/mol. The number of hydrogen-bond acceptors (Lipinski definition) is 3. The van der Waals surface area contributed by atoms with Gasteiger partial charge in [-0.3, -0.25) is 4.79 Å². The van der Waals surface area contributed by atoms with Gasteiger partial charge in [0.2, 0.25) is 0 Å². The molecule has 1 heterocycles. The van der Waals surface area contributed by atoms with Gasteiger partial charge in [0.15, 0.2) is 0 Å². The van der Waals surface area contributed by atoms with Crippen molar-refractivity contribution in [2.24, 2.45) is 0 Å². The largest absolute Gasteiger partial charge is 0.396 e. The first-order valence-corrected chi connectivity index (χ1v) is 6.29. The van der Waals surface area contributed by atoms with Crippen LogP contribution in [0.25, 0.3) is 0 Å². The maximum absolute atomic E-state index is 12.1. The Kier molecular flexibility index (Phi) is 4.33. The second kappa shape index (κ2) is 5.98. The van der Waals surface area contributed by atoms with E-state index < -0.39 is 0 Å². The number of morpholine rings is 1. The number of rotatable bonds is 4. The van der Waals surface area contributed by atoms with E-state index in [4.69, 9.17) is 9.84 Å². The Morgan fingerprint density at radius 3 is 2.78 bits per heavy atom. The van der Waals surface area contributed by atoms with Crippen molar-refractivity contribution in [3.05, 3.63) is 35.9 Å². The topological polar surface area (TPSA) is 49.8 Å². The summed E-state index contributed by atoms with van der Waals surface area (Å²) in [6, 6.07) is 9.86. The highest BCUT2D eigenvalue weighted by Gasteiger charge is 2.33. The molecule has 4 heteroatoms. The van der Waals surface area contributed by atoms with Gasteiger partial charge < -0.3 is 14.7 Å². The standard InChI is InChI=1S/C14H19NO3/c1-11-14(17)15(13(7-8-16)10-18-11)9-12-5-3-2-4-6-12/h2-6,11,13,16H,7-10H2,1H3/t11?,13-/m1/s1. The molecule has 1 aliphatic rings. The highest BCUT2D eigenvalue weighted by Crippen LogP contribution is 2.18. The summed E-state index contributed by atoms with van der Waals surface area (Å²) in [7, 11) is 0. The second-order valence-electron chi connectivity index (χ2n) is 4.59. The van der Waals surface area contributed by atoms with Crippen LogP contribution in [0, 0.1) is 0 Å². The van der Waals surface area contributed by atoms with Crippen LogP contribution < -0.4 is 0 Å². The minimum Gasteiger partial charge on any atom is -0.396 e. The zero-order valence-electron chi connectivity index (χ0n) is 10.6. The Hall–Kier alpha value is -1.39. The smallest absolute Gasteiger partial charge is 0.252 e.